The van der Waals surface area contributed by atoms with Crippen LogP contribution in [0.1, 0.15) is 16.8 Å². The van der Waals surface area contributed by atoms with E-state index in [-0.39, 0.29) is 5.91 Å². The van der Waals surface area contributed by atoms with E-state index in [0.717, 1.165) is 28.6 Å². The Morgan fingerprint density at radius 3 is 2.88 bits per heavy atom. The van der Waals surface area contributed by atoms with E-state index in [0.29, 0.717) is 11.8 Å². The average molecular weight is 350 g/mol. The maximum absolute atomic E-state index is 12.2. The number of nitrogens with zero attached hydrogens (tertiary/aromatic N) is 1. The number of halogens is 2. The van der Waals surface area contributed by atoms with E-state index in [1.807, 2.05) is 29.2 Å². The summed E-state index contributed by atoms with van der Waals surface area (Å²) in [6, 6.07) is 7.70. The summed E-state index contributed by atoms with van der Waals surface area (Å²) in [5.41, 5.74) is 0.804. The number of likely N-dealkylation sites (tertiary alicyclic amines) is 1. The van der Waals surface area contributed by atoms with Crippen LogP contribution < -0.4 is 0 Å². The van der Waals surface area contributed by atoms with Gasteiger partial charge in [0.1, 0.15) is 0 Å². The van der Waals surface area contributed by atoms with E-state index < -0.39 is 0 Å². The van der Waals surface area contributed by atoms with Crippen LogP contribution in [0.5, 0.6) is 0 Å². The molecule has 1 unspecified atom stereocenters. The van der Waals surface area contributed by atoms with Crippen molar-refractivity contribution >= 4 is 40.1 Å². The van der Waals surface area contributed by atoms with Crippen molar-refractivity contribution in [3.63, 3.8) is 0 Å². The summed E-state index contributed by atoms with van der Waals surface area (Å²) >= 11 is 8.02. The van der Waals surface area contributed by atoms with Crippen LogP contribution in [0.2, 0.25) is 0 Å². The molecule has 0 spiro atoms. The fourth-order valence-corrected chi connectivity index (χ4v) is 2.82. The molecule has 1 aromatic carbocycles. The number of benzene rings is 1. The Kier molecular flexibility index (Phi) is 4.08. The second-order valence-corrected chi connectivity index (χ2v) is 5.51. The van der Waals surface area contributed by atoms with Crippen LogP contribution >= 0.6 is 34.2 Å². The molecule has 86 valence electrons. The summed E-state index contributed by atoms with van der Waals surface area (Å²) < 4.78 is 1.01. The highest BCUT2D eigenvalue weighted by Crippen LogP contribution is 2.21. The Morgan fingerprint density at radius 1 is 1.50 bits per heavy atom. The Balaban J connectivity index is 2.12. The monoisotopic (exact) mass is 349 g/mol. The SMILES string of the molecule is O=C(c1ccccc1I)N1CCC(CCl)C1. The number of alkyl halides is 1. The van der Waals surface area contributed by atoms with E-state index in [9.17, 15) is 4.79 Å². The summed E-state index contributed by atoms with van der Waals surface area (Å²) in [6.07, 6.45) is 1.03. The summed E-state index contributed by atoms with van der Waals surface area (Å²) in [5.74, 6) is 1.25. The van der Waals surface area contributed by atoms with Crippen molar-refractivity contribution in [3.05, 3.63) is 33.4 Å². The molecule has 4 heteroatoms. The Labute approximate surface area is 114 Å². The van der Waals surface area contributed by atoms with E-state index in [2.05, 4.69) is 22.6 Å². The van der Waals surface area contributed by atoms with Crippen molar-refractivity contribution < 1.29 is 4.79 Å². The van der Waals surface area contributed by atoms with Crippen molar-refractivity contribution in [3.8, 4) is 0 Å². The van der Waals surface area contributed by atoms with Crippen LogP contribution in [0.15, 0.2) is 24.3 Å². The Morgan fingerprint density at radius 2 is 2.25 bits per heavy atom. The van der Waals surface area contributed by atoms with Gasteiger partial charge in [0, 0.05) is 22.5 Å². The van der Waals surface area contributed by atoms with Crippen LogP contribution in [-0.2, 0) is 0 Å². The lowest BCUT2D eigenvalue weighted by Gasteiger charge is -2.16. The first kappa shape index (κ1) is 12.2. The second-order valence-electron chi connectivity index (χ2n) is 4.04. The normalized spacial score (nSPS) is 20.1. The van der Waals surface area contributed by atoms with Crippen molar-refractivity contribution in [1.82, 2.24) is 4.90 Å². The maximum atomic E-state index is 12.2. The summed E-state index contributed by atoms with van der Waals surface area (Å²) in [6.45, 7) is 1.63. The third-order valence-corrected chi connectivity index (χ3v) is 4.27. The highest BCUT2D eigenvalue weighted by molar-refractivity contribution is 14.1. The lowest BCUT2D eigenvalue weighted by atomic mass is 10.1. The van der Waals surface area contributed by atoms with Gasteiger partial charge in [-0.2, -0.15) is 0 Å². The van der Waals surface area contributed by atoms with Gasteiger partial charge in [-0.15, -0.1) is 11.6 Å². The molecule has 0 aliphatic carbocycles. The van der Waals surface area contributed by atoms with Gasteiger partial charge in [0.2, 0.25) is 0 Å². The smallest absolute Gasteiger partial charge is 0.254 e. The molecule has 16 heavy (non-hydrogen) atoms. The van der Waals surface area contributed by atoms with Crippen LogP contribution in [0, 0.1) is 9.49 Å². The maximum Gasteiger partial charge on any atom is 0.254 e. The fraction of sp³-hybridized carbons (Fsp3) is 0.417. The number of carbonyl (C=O) groups excluding carboxylic acids is 1. The van der Waals surface area contributed by atoms with E-state index in [1.54, 1.807) is 0 Å². The van der Waals surface area contributed by atoms with Gasteiger partial charge >= 0.3 is 0 Å². The summed E-state index contributed by atoms with van der Waals surface area (Å²) in [7, 11) is 0. The zero-order valence-electron chi connectivity index (χ0n) is 8.83. The molecule has 1 aliphatic rings. The molecule has 2 rings (SSSR count). The zero-order chi connectivity index (χ0) is 11.5. The standard InChI is InChI=1S/C12H13ClINO/c13-7-9-5-6-15(8-9)12(16)10-3-1-2-4-11(10)14/h1-4,9H,5-8H2. The zero-order valence-corrected chi connectivity index (χ0v) is 11.7. The van der Waals surface area contributed by atoms with Gasteiger partial charge in [0.05, 0.1) is 5.56 Å². The molecule has 0 aromatic heterocycles. The molecule has 1 heterocycles. The van der Waals surface area contributed by atoms with Gasteiger partial charge < -0.3 is 4.90 Å². The molecule has 0 N–H and O–H groups in total. The van der Waals surface area contributed by atoms with E-state index in [4.69, 9.17) is 11.6 Å². The first-order valence-corrected chi connectivity index (χ1v) is 6.93. The van der Waals surface area contributed by atoms with Crippen LogP contribution in [-0.4, -0.2) is 29.8 Å². The summed E-state index contributed by atoms with van der Waals surface area (Å²) in [4.78, 5) is 14.1. The van der Waals surface area contributed by atoms with Crippen molar-refractivity contribution in [2.45, 2.75) is 6.42 Å². The number of rotatable bonds is 2. The third-order valence-electron chi connectivity index (χ3n) is 2.90. The number of hydrogen-bond acceptors (Lipinski definition) is 1. The van der Waals surface area contributed by atoms with Gasteiger partial charge in [0.15, 0.2) is 0 Å². The van der Waals surface area contributed by atoms with E-state index in [1.165, 1.54) is 0 Å². The molecule has 1 amide bonds. The predicted molar refractivity (Wildman–Crippen MR) is 73.9 cm³/mol. The van der Waals surface area contributed by atoms with Gasteiger partial charge in [-0.3, -0.25) is 4.79 Å². The Bertz CT molecular complexity index is 396. The van der Waals surface area contributed by atoms with Crippen LogP contribution in [0.3, 0.4) is 0 Å². The molecule has 1 aliphatic heterocycles. The highest BCUT2D eigenvalue weighted by atomic mass is 127. The minimum absolute atomic E-state index is 0.137. The number of carbonyl (C=O) groups is 1. The van der Waals surface area contributed by atoms with E-state index >= 15 is 0 Å². The molecule has 0 saturated carbocycles. The Hall–Kier alpha value is -0.290. The van der Waals surface area contributed by atoms with Gasteiger partial charge in [-0.1, -0.05) is 12.1 Å². The molecular formula is C12H13ClINO. The molecule has 2 nitrogen and oxygen atoms in total. The van der Waals surface area contributed by atoms with Crippen molar-refractivity contribution in [2.75, 3.05) is 19.0 Å². The van der Waals surface area contributed by atoms with Crippen molar-refractivity contribution in [2.24, 2.45) is 5.92 Å². The quantitative estimate of drug-likeness (QED) is 0.594. The van der Waals surface area contributed by atoms with Gasteiger partial charge in [0.25, 0.3) is 5.91 Å². The van der Waals surface area contributed by atoms with Gasteiger partial charge in [-0.05, 0) is 47.1 Å². The topological polar surface area (TPSA) is 20.3 Å². The minimum Gasteiger partial charge on any atom is -0.338 e. The molecule has 1 fully saturated rings. The predicted octanol–water partition coefficient (Wildman–Crippen LogP) is 2.99. The minimum atomic E-state index is 0.137. The lowest BCUT2D eigenvalue weighted by Crippen LogP contribution is -2.29. The highest BCUT2D eigenvalue weighted by Gasteiger charge is 2.26. The lowest BCUT2D eigenvalue weighted by molar-refractivity contribution is 0.0787. The van der Waals surface area contributed by atoms with Crippen LogP contribution in [0.25, 0.3) is 0 Å². The first-order valence-electron chi connectivity index (χ1n) is 5.32. The fourth-order valence-electron chi connectivity index (χ4n) is 1.95. The first-order chi connectivity index (χ1) is 7.72. The second kappa shape index (κ2) is 5.36. The average Bonchev–Trinajstić information content (AvgIpc) is 2.77. The third kappa shape index (κ3) is 2.51. The molecule has 1 saturated heterocycles. The number of amides is 1. The van der Waals surface area contributed by atoms with Crippen LogP contribution in [0.4, 0.5) is 0 Å². The van der Waals surface area contributed by atoms with Crippen molar-refractivity contribution in [1.29, 1.82) is 0 Å². The number of hydrogen-bond donors (Lipinski definition) is 0. The largest absolute Gasteiger partial charge is 0.338 e. The molecule has 0 bridgehead atoms. The molecule has 1 atom stereocenters. The molecular weight excluding hydrogens is 336 g/mol. The summed E-state index contributed by atoms with van der Waals surface area (Å²) in [5, 5.41) is 0. The van der Waals surface area contributed by atoms with Gasteiger partial charge in [-0.25, -0.2) is 0 Å². The molecule has 0 radical (unpaired) electrons. The molecule has 1 aromatic rings.